The zero-order valence-electron chi connectivity index (χ0n) is 20.5. The first-order chi connectivity index (χ1) is 18.5. The molecular formula is C28H24ClN3O6. The predicted octanol–water partition coefficient (Wildman–Crippen LogP) is 6.18. The first-order valence-electron chi connectivity index (χ1n) is 12.1. The first-order valence-corrected chi connectivity index (χ1v) is 12.5. The summed E-state index contributed by atoms with van der Waals surface area (Å²) in [7, 11) is 0. The smallest absolute Gasteiger partial charge is 0.323 e. The lowest BCUT2D eigenvalue weighted by Crippen LogP contribution is -2.38. The number of halogens is 1. The number of carbonyl (C=O) groups excluding carboxylic acids is 1. The highest BCUT2D eigenvalue weighted by Gasteiger charge is 2.28. The summed E-state index contributed by atoms with van der Waals surface area (Å²) in [5.74, 6) is 2.79. The van der Waals surface area contributed by atoms with Crippen molar-refractivity contribution in [1.29, 1.82) is 0 Å². The molecule has 0 radical (unpaired) electrons. The Hall–Kier alpha value is -4.21. The summed E-state index contributed by atoms with van der Waals surface area (Å²) in [5.41, 5.74) is 2.80. The van der Waals surface area contributed by atoms with Crippen LogP contribution in [0.3, 0.4) is 0 Å². The van der Waals surface area contributed by atoms with Gasteiger partial charge < -0.3 is 34.3 Å². The van der Waals surface area contributed by atoms with Crippen LogP contribution in [0.5, 0.6) is 28.7 Å². The largest absolute Gasteiger partial charge is 0.485 e. The fourth-order valence-electron chi connectivity index (χ4n) is 4.16. The number of fused-ring (bicyclic) bond motifs is 3. The van der Waals surface area contributed by atoms with Gasteiger partial charge in [-0.25, -0.2) is 4.79 Å². The van der Waals surface area contributed by atoms with Crippen molar-refractivity contribution in [2.75, 3.05) is 37.1 Å². The maximum atomic E-state index is 12.4. The van der Waals surface area contributed by atoms with Crippen LogP contribution in [0.25, 0.3) is 10.9 Å². The molecule has 1 saturated heterocycles. The highest BCUT2D eigenvalue weighted by Crippen LogP contribution is 2.48. The van der Waals surface area contributed by atoms with Crippen LogP contribution in [-0.2, 0) is 4.74 Å². The van der Waals surface area contributed by atoms with E-state index in [1.807, 2.05) is 19.1 Å². The Kier molecular flexibility index (Phi) is 6.53. The summed E-state index contributed by atoms with van der Waals surface area (Å²) in [6, 6.07) is 15.6. The van der Waals surface area contributed by atoms with E-state index in [0.29, 0.717) is 82.5 Å². The molecule has 6 rings (SSSR count). The van der Waals surface area contributed by atoms with Gasteiger partial charge in [0.1, 0.15) is 30.8 Å². The molecule has 2 amide bonds. The molecule has 3 heterocycles. The van der Waals surface area contributed by atoms with Crippen molar-refractivity contribution in [2.45, 2.75) is 13.0 Å². The molecule has 2 N–H and O–H groups in total. The molecular weight excluding hydrogens is 510 g/mol. The maximum absolute atomic E-state index is 12.4. The van der Waals surface area contributed by atoms with Crippen LogP contribution in [0.15, 0.2) is 60.8 Å². The number of urea groups is 1. The molecule has 38 heavy (non-hydrogen) atoms. The van der Waals surface area contributed by atoms with Crippen LogP contribution >= 0.6 is 11.6 Å². The third-order valence-corrected chi connectivity index (χ3v) is 6.52. The zero-order chi connectivity index (χ0) is 26.1. The number of amides is 2. The van der Waals surface area contributed by atoms with E-state index >= 15 is 0 Å². The van der Waals surface area contributed by atoms with E-state index in [4.69, 9.17) is 35.3 Å². The van der Waals surface area contributed by atoms with Crippen molar-refractivity contribution < 1.29 is 28.5 Å². The predicted molar refractivity (Wildman–Crippen MR) is 143 cm³/mol. The number of nitrogens with one attached hydrogen (secondary N) is 2. The van der Waals surface area contributed by atoms with Crippen molar-refractivity contribution in [3.8, 4) is 28.7 Å². The molecule has 9 nitrogen and oxygen atoms in total. The van der Waals surface area contributed by atoms with Gasteiger partial charge in [-0.3, -0.25) is 4.98 Å². The van der Waals surface area contributed by atoms with Crippen molar-refractivity contribution in [3.63, 3.8) is 0 Å². The lowest BCUT2D eigenvalue weighted by molar-refractivity contribution is -0.0807. The number of anilines is 2. The summed E-state index contributed by atoms with van der Waals surface area (Å²) in [6.45, 7) is 3.79. The molecule has 4 aromatic rings. The molecule has 0 atom stereocenters. The number of ether oxygens (including phenoxy) is 5. The van der Waals surface area contributed by atoms with Gasteiger partial charge in [-0.05, 0) is 61.0 Å². The van der Waals surface area contributed by atoms with E-state index in [1.54, 1.807) is 48.7 Å². The van der Waals surface area contributed by atoms with Gasteiger partial charge >= 0.3 is 6.03 Å². The highest BCUT2D eigenvalue weighted by atomic mass is 35.5. The molecule has 0 bridgehead atoms. The van der Waals surface area contributed by atoms with E-state index < -0.39 is 0 Å². The Labute approximate surface area is 223 Å². The quantitative estimate of drug-likeness (QED) is 0.305. The molecule has 2 aliphatic heterocycles. The van der Waals surface area contributed by atoms with Crippen LogP contribution in [0.1, 0.15) is 5.56 Å². The molecule has 10 heteroatoms. The Morgan fingerprint density at radius 2 is 1.68 bits per heavy atom. The standard InChI is InChI=1S/C28H24ClN3O6/c1-16-12-18(4-7-21(16)29)32-28(33)31-17-2-5-19(6-3-17)37-23-8-9-30-22-13-24(38-20-14-34-15-20)26-27(25(22)23)36-11-10-35-26/h2-9,12-13,20H,10-11,14-15H2,1H3,(H2,31,32,33). The zero-order valence-corrected chi connectivity index (χ0v) is 21.2. The van der Waals surface area contributed by atoms with Crippen LogP contribution in [-0.4, -0.2) is 43.5 Å². The first kappa shape index (κ1) is 24.1. The molecule has 0 aliphatic carbocycles. The van der Waals surface area contributed by atoms with Crippen LogP contribution in [0, 0.1) is 6.92 Å². The third kappa shape index (κ3) is 4.98. The average Bonchev–Trinajstić information content (AvgIpc) is 2.89. The van der Waals surface area contributed by atoms with Crippen molar-refractivity contribution in [1.82, 2.24) is 4.98 Å². The minimum absolute atomic E-state index is 0.0222. The van der Waals surface area contributed by atoms with Gasteiger partial charge in [0.2, 0.25) is 5.75 Å². The highest BCUT2D eigenvalue weighted by molar-refractivity contribution is 6.31. The van der Waals surface area contributed by atoms with E-state index in [-0.39, 0.29) is 12.1 Å². The van der Waals surface area contributed by atoms with Gasteiger partial charge in [0, 0.05) is 28.7 Å². The number of pyridine rings is 1. The Bertz CT molecular complexity index is 1510. The lowest BCUT2D eigenvalue weighted by Gasteiger charge is -2.29. The van der Waals surface area contributed by atoms with E-state index in [9.17, 15) is 4.79 Å². The molecule has 0 unspecified atom stereocenters. The Balaban J connectivity index is 1.20. The van der Waals surface area contributed by atoms with Crippen molar-refractivity contribution in [3.05, 3.63) is 71.4 Å². The maximum Gasteiger partial charge on any atom is 0.323 e. The molecule has 2 aliphatic rings. The normalized spacial score (nSPS) is 14.5. The minimum Gasteiger partial charge on any atom is -0.485 e. The summed E-state index contributed by atoms with van der Waals surface area (Å²) >= 11 is 6.05. The fraction of sp³-hybridized carbons (Fsp3) is 0.214. The Morgan fingerprint density at radius 3 is 2.42 bits per heavy atom. The molecule has 1 aromatic heterocycles. The molecule has 194 valence electrons. The van der Waals surface area contributed by atoms with Gasteiger partial charge in [0.05, 0.1) is 24.1 Å². The van der Waals surface area contributed by atoms with E-state index in [2.05, 4.69) is 15.6 Å². The van der Waals surface area contributed by atoms with Gasteiger partial charge in [-0.15, -0.1) is 0 Å². The number of carbonyl (C=O) groups is 1. The summed E-state index contributed by atoms with van der Waals surface area (Å²) in [5, 5.41) is 6.94. The number of rotatable bonds is 6. The SMILES string of the molecule is Cc1cc(NC(=O)Nc2ccc(Oc3ccnc4cc(OC5COC5)c5c(c34)OCCO5)cc2)ccc1Cl. The second kappa shape index (κ2) is 10.3. The molecule has 0 spiro atoms. The van der Waals surface area contributed by atoms with E-state index in [0.717, 1.165) is 5.56 Å². The fourth-order valence-corrected chi connectivity index (χ4v) is 4.28. The van der Waals surface area contributed by atoms with Gasteiger partial charge in [0.15, 0.2) is 11.5 Å². The minimum atomic E-state index is -0.365. The molecule has 3 aromatic carbocycles. The number of benzene rings is 3. The summed E-state index contributed by atoms with van der Waals surface area (Å²) in [6.07, 6.45) is 1.65. The Morgan fingerprint density at radius 1 is 0.947 bits per heavy atom. The molecule has 0 saturated carbocycles. The van der Waals surface area contributed by atoms with Crippen molar-refractivity contribution in [2.24, 2.45) is 0 Å². The van der Waals surface area contributed by atoms with E-state index in [1.165, 1.54) is 0 Å². The van der Waals surface area contributed by atoms with Crippen molar-refractivity contribution >= 4 is 39.9 Å². The van der Waals surface area contributed by atoms with Crippen LogP contribution in [0.4, 0.5) is 16.2 Å². The molecule has 1 fully saturated rings. The van der Waals surface area contributed by atoms with Gasteiger partial charge in [-0.1, -0.05) is 11.6 Å². The summed E-state index contributed by atoms with van der Waals surface area (Å²) in [4.78, 5) is 16.9. The monoisotopic (exact) mass is 533 g/mol. The number of aryl methyl sites for hydroxylation is 1. The van der Waals surface area contributed by atoms with Gasteiger partial charge in [0.25, 0.3) is 0 Å². The second-order valence-corrected chi connectivity index (χ2v) is 9.29. The number of hydrogen-bond acceptors (Lipinski definition) is 7. The second-order valence-electron chi connectivity index (χ2n) is 8.88. The van der Waals surface area contributed by atoms with Crippen LogP contribution < -0.4 is 29.6 Å². The number of hydrogen-bond donors (Lipinski definition) is 2. The third-order valence-electron chi connectivity index (χ3n) is 6.10. The van der Waals surface area contributed by atoms with Crippen LogP contribution in [0.2, 0.25) is 5.02 Å². The number of nitrogens with zero attached hydrogens (tertiary/aromatic N) is 1. The number of aromatic nitrogens is 1. The lowest BCUT2D eigenvalue weighted by atomic mass is 10.1. The average molecular weight is 534 g/mol. The topological polar surface area (TPSA) is 100 Å². The summed E-state index contributed by atoms with van der Waals surface area (Å²) < 4.78 is 29.4. The van der Waals surface area contributed by atoms with Gasteiger partial charge in [-0.2, -0.15) is 0 Å².